The molecular weight excluding hydrogens is 288 g/mol. The zero-order chi connectivity index (χ0) is 14.9. The van der Waals surface area contributed by atoms with Gasteiger partial charge in [-0.05, 0) is 48.3 Å². The molecule has 4 bridgehead atoms. The molecule has 114 valence electrons. The third-order valence-corrected chi connectivity index (χ3v) is 7.62. The lowest BCUT2D eigenvalue weighted by atomic mass is 9.59. The van der Waals surface area contributed by atoms with Gasteiger partial charge in [-0.25, -0.2) is 0 Å². The quantitative estimate of drug-likeness (QED) is 0.360. The molecule has 0 spiro atoms. The van der Waals surface area contributed by atoms with E-state index in [1.807, 2.05) is 0 Å². The molecule has 6 heteroatoms. The lowest BCUT2D eigenvalue weighted by Gasteiger charge is -2.40. The summed E-state index contributed by atoms with van der Waals surface area (Å²) in [6.45, 7) is 0. The van der Waals surface area contributed by atoms with Crippen LogP contribution in [-0.2, 0) is 28.7 Å². The Hall–Kier alpha value is -1.72. The molecule has 22 heavy (non-hydrogen) atoms. The van der Waals surface area contributed by atoms with Gasteiger partial charge in [0.2, 0.25) is 0 Å². The van der Waals surface area contributed by atoms with Crippen molar-refractivity contribution in [3.05, 3.63) is 0 Å². The van der Waals surface area contributed by atoms with Gasteiger partial charge in [-0.1, -0.05) is 0 Å². The van der Waals surface area contributed by atoms with Crippen molar-refractivity contribution in [2.45, 2.75) is 12.8 Å². The van der Waals surface area contributed by atoms with Crippen molar-refractivity contribution in [3.63, 3.8) is 0 Å². The fourth-order valence-corrected chi connectivity index (χ4v) is 7.40. The first kappa shape index (κ1) is 11.8. The Morgan fingerprint density at radius 2 is 0.818 bits per heavy atom. The van der Waals surface area contributed by atoms with Crippen LogP contribution in [0.4, 0.5) is 0 Å². The van der Waals surface area contributed by atoms with Crippen LogP contribution in [0.5, 0.6) is 0 Å². The van der Waals surface area contributed by atoms with Crippen molar-refractivity contribution < 1.29 is 28.7 Å². The fraction of sp³-hybridized carbons (Fsp3) is 0.750. The predicted octanol–water partition coefficient (Wildman–Crippen LogP) is 0.150. The minimum atomic E-state index is -0.370. The smallest absolute Gasteiger partial charge is 0.317 e. The molecule has 2 aliphatic heterocycles. The van der Waals surface area contributed by atoms with E-state index < -0.39 is 0 Å². The molecule has 4 saturated carbocycles. The van der Waals surface area contributed by atoms with Crippen molar-refractivity contribution in [2.24, 2.45) is 59.2 Å². The molecule has 6 aliphatic rings. The molecule has 0 radical (unpaired) electrons. The van der Waals surface area contributed by atoms with E-state index in [0.717, 1.165) is 12.8 Å². The van der Waals surface area contributed by atoms with Crippen molar-refractivity contribution in [1.82, 2.24) is 0 Å². The van der Waals surface area contributed by atoms with E-state index in [4.69, 9.17) is 9.47 Å². The zero-order valence-electron chi connectivity index (χ0n) is 11.6. The molecule has 6 fully saturated rings. The molecule has 0 amide bonds. The van der Waals surface area contributed by atoms with E-state index in [2.05, 4.69) is 0 Å². The van der Waals surface area contributed by atoms with E-state index >= 15 is 0 Å². The predicted molar refractivity (Wildman–Crippen MR) is 66.3 cm³/mol. The molecule has 6 nitrogen and oxygen atoms in total. The molecule has 10 atom stereocenters. The number of carbonyl (C=O) groups is 4. The third-order valence-electron chi connectivity index (χ3n) is 7.62. The van der Waals surface area contributed by atoms with E-state index in [1.165, 1.54) is 0 Å². The SMILES string of the molecule is O=C1OC(=O)[C@H]2[C@@H]1[C@@H]1C[C@H]2C2C1[C@H]1C[C@@H]2[C@@H]2C(=O)OC(=O)[C@@H]21. The largest absolute Gasteiger partial charge is 0.393 e. The molecule has 6 rings (SSSR count). The summed E-state index contributed by atoms with van der Waals surface area (Å²) in [5, 5.41) is 0. The fourth-order valence-electron chi connectivity index (χ4n) is 7.40. The summed E-state index contributed by atoms with van der Waals surface area (Å²) in [6, 6.07) is 0. The van der Waals surface area contributed by atoms with E-state index in [-0.39, 0.29) is 83.1 Å². The highest BCUT2D eigenvalue weighted by Crippen LogP contribution is 2.74. The van der Waals surface area contributed by atoms with E-state index in [9.17, 15) is 19.2 Å². The van der Waals surface area contributed by atoms with Gasteiger partial charge in [0.25, 0.3) is 0 Å². The Morgan fingerprint density at radius 1 is 0.545 bits per heavy atom. The number of cyclic esters (lactones) is 4. The molecule has 0 aromatic heterocycles. The molecule has 0 aromatic carbocycles. The zero-order valence-corrected chi connectivity index (χ0v) is 11.6. The average Bonchev–Trinajstić information content (AvgIpc) is 3.21. The second kappa shape index (κ2) is 3.29. The van der Waals surface area contributed by atoms with Gasteiger partial charge in [0.15, 0.2) is 0 Å². The van der Waals surface area contributed by atoms with Gasteiger partial charge < -0.3 is 9.47 Å². The lowest BCUT2D eigenvalue weighted by Crippen LogP contribution is -2.45. The number of hydrogen-bond donors (Lipinski definition) is 0. The third kappa shape index (κ3) is 0.989. The Balaban J connectivity index is 1.46. The van der Waals surface area contributed by atoms with Crippen molar-refractivity contribution in [3.8, 4) is 0 Å². The van der Waals surface area contributed by atoms with Crippen LogP contribution >= 0.6 is 0 Å². The number of hydrogen-bond acceptors (Lipinski definition) is 6. The molecule has 2 saturated heterocycles. The van der Waals surface area contributed by atoms with Crippen LogP contribution in [-0.4, -0.2) is 23.9 Å². The molecular formula is C16H14O6. The summed E-state index contributed by atoms with van der Waals surface area (Å²) in [6.07, 6.45) is 1.75. The Bertz CT molecular complexity index is 572. The number of ether oxygens (including phenoxy) is 2. The minimum absolute atomic E-state index is 0.151. The van der Waals surface area contributed by atoms with Crippen molar-refractivity contribution in [1.29, 1.82) is 0 Å². The van der Waals surface area contributed by atoms with E-state index in [0.29, 0.717) is 0 Å². The first-order valence-electron chi connectivity index (χ1n) is 8.09. The monoisotopic (exact) mass is 302 g/mol. The number of carbonyl (C=O) groups excluding carboxylic acids is 4. The summed E-state index contributed by atoms with van der Waals surface area (Å²) < 4.78 is 9.73. The average molecular weight is 302 g/mol. The number of rotatable bonds is 0. The molecule has 2 heterocycles. The summed E-state index contributed by atoms with van der Waals surface area (Å²) >= 11 is 0. The Labute approximate surface area is 125 Å². The summed E-state index contributed by atoms with van der Waals surface area (Å²) in [5.41, 5.74) is 0. The van der Waals surface area contributed by atoms with Gasteiger partial charge in [0.05, 0.1) is 23.7 Å². The van der Waals surface area contributed by atoms with Crippen LogP contribution in [0.15, 0.2) is 0 Å². The van der Waals surface area contributed by atoms with Crippen LogP contribution in [0.3, 0.4) is 0 Å². The second-order valence-electron chi connectivity index (χ2n) is 7.86. The maximum Gasteiger partial charge on any atom is 0.317 e. The van der Waals surface area contributed by atoms with Crippen LogP contribution in [0.25, 0.3) is 0 Å². The Kier molecular flexibility index (Phi) is 1.76. The molecule has 0 N–H and O–H groups in total. The lowest BCUT2D eigenvalue weighted by molar-refractivity contribution is -0.156. The van der Waals surface area contributed by atoms with Gasteiger partial charge in [-0.2, -0.15) is 0 Å². The van der Waals surface area contributed by atoms with Crippen LogP contribution < -0.4 is 0 Å². The van der Waals surface area contributed by atoms with Crippen LogP contribution in [0.1, 0.15) is 12.8 Å². The molecule has 4 aliphatic carbocycles. The van der Waals surface area contributed by atoms with Gasteiger partial charge in [0.1, 0.15) is 0 Å². The van der Waals surface area contributed by atoms with Crippen LogP contribution in [0, 0.1) is 59.2 Å². The highest BCUT2D eigenvalue weighted by molar-refractivity contribution is 5.99. The van der Waals surface area contributed by atoms with Crippen molar-refractivity contribution >= 4 is 23.9 Å². The van der Waals surface area contributed by atoms with E-state index in [1.54, 1.807) is 0 Å². The second-order valence-corrected chi connectivity index (χ2v) is 7.86. The minimum Gasteiger partial charge on any atom is -0.393 e. The normalized spacial score (nSPS) is 59.6. The van der Waals surface area contributed by atoms with Crippen LogP contribution in [0.2, 0.25) is 0 Å². The summed E-state index contributed by atoms with van der Waals surface area (Å²) in [4.78, 5) is 48.0. The van der Waals surface area contributed by atoms with Crippen molar-refractivity contribution in [2.75, 3.05) is 0 Å². The standard InChI is InChI=1S/C16H14O6/c17-13-9-3-1-4(10(9)14(18)21-13)8-6-2-5(7(3)8)11-12(6)16(20)22-15(11)19/h3-12H,1-2H2/t3-,4+,5-,6+,7?,8?,9-,10+,11+,12-. The topological polar surface area (TPSA) is 86.7 Å². The first-order valence-corrected chi connectivity index (χ1v) is 8.09. The highest BCUT2D eigenvalue weighted by atomic mass is 16.6. The number of fused-ring (bicyclic) bond motifs is 15. The summed E-state index contributed by atoms with van der Waals surface area (Å²) in [5.74, 6) is -1.51. The van der Waals surface area contributed by atoms with Gasteiger partial charge in [-0.3, -0.25) is 19.2 Å². The number of esters is 4. The summed E-state index contributed by atoms with van der Waals surface area (Å²) in [7, 11) is 0. The maximum absolute atomic E-state index is 12.0. The highest BCUT2D eigenvalue weighted by Gasteiger charge is 2.77. The van der Waals surface area contributed by atoms with Gasteiger partial charge >= 0.3 is 23.9 Å². The molecule has 0 aromatic rings. The van der Waals surface area contributed by atoms with Gasteiger partial charge in [0, 0.05) is 0 Å². The molecule has 2 unspecified atom stereocenters. The maximum atomic E-state index is 12.0. The first-order chi connectivity index (χ1) is 10.6. The van der Waals surface area contributed by atoms with Gasteiger partial charge in [-0.15, -0.1) is 0 Å². The Morgan fingerprint density at radius 3 is 1.09 bits per heavy atom.